The lowest BCUT2D eigenvalue weighted by Gasteiger charge is -2.09. The summed E-state index contributed by atoms with van der Waals surface area (Å²) in [6.07, 6.45) is 0.394. The quantitative estimate of drug-likeness (QED) is 0.603. The van der Waals surface area contributed by atoms with E-state index in [0.29, 0.717) is 18.7 Å². The van der Waals surface area contributed by atoms with Crippen LogP contribution in [0, 0.1) is 20.8 Å². The molecule has 0 radical (unpaired) electrons. The van der Waals surface area contributed by atoms with Crippen molar-refractivity contribution in [1.82, 2.24) is 4.68 Å². The zero-order valence-electron chi connectivity index (χ0n) is 15.0. The zero-order chi connectivity index (χ0) is 17.9. The van der Waals surface area contributed by atoms with Crippen LogP contribution >= 0.6 is 0 Å². The van der Waals surface area contributed by atoms with Crippen LogP contribution in [0.15, 0.2) is 24.3 Å². The summed E-state index contributed by atoms with van der Waals surface area (Å²) in [6.45, 7) is 8.26. The number of ketones is 1. The Morgan fingerprint density at radius 1 is 1.17 bits per heavy atom. The van der Waals surface area contributed by atoms with Crippen LogP contribution in [0.3, 0.4) is 0 Å². The Balaban J connectivity index is 2.19. The summed E-state index contributed by atoms with van der Waals surface area (Å²) in [7, 11) is 1.77. The molecule has 0 saturated heterocycles. The van der Waals surface area contributed by atoms with Gasteiger partial charge >= 0.3 is 11.7 Å². The molecule has 0 aliphatic carbocycles. The first-order valence-corrected chi connectivity index (χ1v) is 8.15. The second kappa shape index (κ2) is 7.43. The van der Waals surface area contributed by atoms with Crippen LogP contribution in [-0.4, -0.2) is 23.0 Å². The van der Waals surface area contributed by atoms with Crippen molar-refractivity contribution in [2.75, 3.05) is 6.61 Å². The van der Waals surface area contributed by atoms with Gasteiger partial charge in [0.1, 0.15) is 6.54 Å². The van der Waals surface area contributed by atoms with E-state index < -0.39 is 0 Å². The molecule has 2 rings (SSSR count). The van der Waals surface area contributed by atoms with Gasteiger partial charge in [-0.2, -0.15) is 4.68 Å². The van der Waals surface area contributed by atoms with Crippen LogP contribution in [0.1, 0.15) is 39.8 Å². The molecule has 0 N–H and O–H groups in total. The molecule has 5 nitrogen and oxygen atoms in total. The van der Waals surface area contributed by atoms with Crippen LogP contribution in [0.4, 0.5) is 0 Å². The van der Waals surface area contributed by atoms with Crippen molar-refractivity contribution in [1.29, 1.82) is 0 Å². The molecule has 128 valence electrons. The SMILES string of the molecule is CCOC(=O)c1cc(C)n(CC(=O)Cc2c(C)cccc2C)[n+]1C. The molecule has 0 saturated carbocycles. The van der Waals surface area contributed by atoms with Crippen molar-refractivity contribution < 1.29 is 19.0 Å². The Morgan fingerprint density at radius 3 is 2.38 bits per heavy atom. The lowest BCUT2D eigenvalue weighted by molar-refractivity contribution is -0.754. The van der Waals surface area contributed by atoms with E-state index in [1.165, 1.54) is 0 Å². The number of rotatable bonds is 6. The molecule has 0 fully saturated rings. The van der Waals surface area contributed by atoms with Gasteiger partial charge in [-0.05, 0) is 44.4 Å². The van der Waals surface area contributed by atoms with E-state index in [1.807, 2.05) is 43.7 Å². The third kappa shape index (κ3) is 3.72. The maximum absolute atomic E-state index is 12.5. The number of nitrogens with zero attached hydrogens (tertiary/aromatic N) is 2. The largest absolute Gasteiger partial charge is 0.458 e. The van der Waals surface area contributed by atoms with Crippen LogP contribution < -0.4 is 4.68 Å². The average molecular weight is 329 g/mol. The van der Waals surface area contributed by atoms with E-state index in [-0.39, 0.29) is 18.3 Å². The fraction of sp³-hybridized carbons (Fsp3) is 0.421. The molecule has 0 aliphatic rings. The fourth-order valence-corrected chi connectivity index (χ4v) is 2.91. The fourth-order valence-electron chi connectivity index (χ4n) is 2.91. The van der Waals surface area contributed by atoms with E-state index in [2.05, 4.69) is 0 Å². The van der Waals surface area contributed by atoms with Gasteiger partial charge in [0.05, 0.1) is 12.3 Å². The number of carbonyl (C=O) groups excluding carboxylic acids is 2. The average Bonchev–Trinajstić information content (AvgIpc) is 2.79. The lowest BCUT2D eigenvalue weighted by Crippen LogP contribution is -2.45. The monoisotopic (exact) mass is 329 g/mol. The predicted molar refractivity (Wildman–Crippen MR) is 90.9 cm³/mol. The number of hydrogen-bond acceptors (Lipinski definition) is 3. The van der Waals surface area contributed by atoms with E-state index >= 15 is 0 Å². The maximum Gasteiger partial charge on any atom is 0.406 e. The van der Waals surface area contributed by atoms with Crippen LogP contribution in [-0.2, 0) is 29.5 Å². The molecule has 0 amide bonds. The molecule has 1 aromatic carbocycles. The topological polar surface area (TPSA) is 52.2 Å². The van der Waals surface area contributed by atoms with Crippen molar-refractivity contribution in [3.05, 3.63) is 52.3 Å². The van der Waals surface area contributed by atoms with Gasteiger partial charge in [-0.1, -0.05) is 18.2 Å². The number of ether oxygens (including phenoxy) is 1. The molecule has 0 spiro atoms. The van der Waals surface area contributed by atoms with Gasteiger partial charge < -0.3 is 4.74 Å². The Bertz CT molecular complexity index is 755. The molecule has 0 aliphatic heterocycles. The van der Waals surface area contributed by atoms with Crippen LogP contribution in [0.5, 0.6) is 0 Å². The van der Waals surface area contributed by atoms with Gasteiger partial charge in [0.15, 0.2) is 12.8 Å². The van der Waals surface area contributed by atoms with Gasteiger partial charge in [0.25, 0.3) is 0 Å². The summed E-state index contributed by atoms with van der Waals surface area (Å²) < 4.78 is 8.55. The maximum atomic E-state index is 12.5. The van der Waals surface area contributed by atoms with Crippen molar-refractivity contribution in [2.24, 2.45) is 7.05 Å². The van der Waals surface area contributed by atoms with Crippen LogP contribution in [0.25, 0.3) is 0 Å². The molecule has 2 aromatic rings. The third-order valence-corrected chi connectivity index (χ3v) is 4.29. The molecule has 1 aromatic heterocycles. The smallest absolute Gasteiger partial charge is 0.406 e. The standard InChI is InChI=1S/C19H25N2O3/c1-6-24-19(23)18-10-15(4)21(20(18)5)12-16(22)11-17-13(2)8-7-9-14(17)3/h7-10H,6,11-12H2,1-5H3/q+1. The number of benzene rings is 1. The first-order valence-electron chi connectivity index (χ1n) is 8.15. The highest BCUT2D eigenvalue weighted by atomic mass is 16.5. The van der Waals surface area contributed by atoms with Gasteiger partial charge in [-0.15, -0.1) is 4.68 Å². The van der Waals surface area contributed by atoms with Crippen molar-refractivity contribution >= 4 is 11.8 Å². The summed E-state index contributed by atoms with van der Waals surface area (Å²) in [5, 5.41) is 0. The Kier molecular flexibility index (Phi) is 5.54. The first-order chi connectivity index (χ1) is 11.3. The van der Waals surface area contributed by atoms with Crippen LogP contribution in [0.2, 0.25) is 0 Å². The minimum atomic E-state index is -0.371. The minimum absolute atomic E-state index is 0.108. The molecule has 24 heavy (non-hydrogen) atoms. The predicted octanol–water partition coefficient (Wildman–Crippen LogP) is 2.23. The van der Waals surface area contributed by atoms with Crippen molar-refractivity contribution in [3.63, 3.8) is 0 Å². The van der Waals surface area contributed by atoms with E-state index in [9.17, 15) is 9.59 Å². The van der Waals surface area contributed by atoms with E-state index in [4.69, 9.17) is 4.74 Å². The van der Waals surface area contributed by atoms with E-state index in [1.54, 1.807) is 24.7 Å². The summed E-state index contributed by atoms with van der Waals surface area (Å²) in [4.78, 5) is 24.5. The number of Topliss-reactive ketones (excluding diaryl/α,β-unsaturated/α-hetero) is 1. The van der Waals surface area contributed by atoms with Crippen molar-refractivity contribution in [3.8, 4) is 0 Å². The lowest BCUT2D eigenvalue weighted by atomic mass is 9.98. The van der Waals surface area contributed by atoms with Gasteiger partial charge in [-0.25, -0.2) is 4.79 Å². The summed E-state index contributed by atoms with van der Waals surface area (Å²) >= 11 is 0. The van der Waals surface area contributed by atoms with Crippen molar-refractivity contribution in [2.45, 2.75) is 40.7 Å². The van der Waals surface area contributed by atoms with Gasteiger partial charge in [-0.3, -0.25) is 4.79 Å². The Labute approximate surface area is 142 Å². The molecular formula is C19H25N2O3+. The third-order valence-electron chi connectivity index (χ3n) is 4.29. The summed E-state index contributed by atoms with van der Waals surface area (Å²) in [5.41, 5.74) is 4.65. The zero-order valence-corrected chi connectivity index (χ0v) is 15.0. The second-order valence-corrected chi connectivity index (χ2v) is 6.06. The number of hydrogen-bond donors (Lipinski definition) is 0. The van der Waals surface area contributed by atoms with Gasteiger partial charge in [0.2, 0.25) is 0 Å². The number of carbonyl (C=O) groups is 2. The summed E-state index contributed by atoms with van der Waals surface area (Å²) in [5.74, 6) is -0.263. The highest BCUT2D eigenvalue weighted by molar-refractivity contribution is 5.86. The number of aromatic nitrogens is 2. The first kappa shape index (κ1) is 17.9. The van der Waals surface area contributed by atoms with E-state index in [0.717, 1.165) is 22.4 Å². The highest BCUT2D eigenvalue weighted by Gasteiger charge is 2.26. The number of esters is 1. The summed E-state index contributed by atoms with van der Waals surface area (Å²) in [6, 6.07) is 7.80. The van der Waals surface area contributed by atoms with Gasteiger partial charge in [0, 0.05) is 12.5 Å². The Hall–Kier alpha value is -2.43. The number of aryl methyl sites for hydroxylation is 3. The minimum Gasteiger partial charge on any atom is -0.458 e. The molecule has 0 bridgehead atoms. The normalized spacial score (nSPS) is 10.7. The highest BCUT2D eigenvalue weighted by Crippen LogP contribution is 2.14. The molecule has 0 atom stereocenters. The molecule has 0 unspecified atom stereocenters. The Morgan fingerprint density at radius 2 is 1.79 bits per heavy atom. The second-order valence-electron chi connectivity index (χ2n) is 6.06. The molecule has 1 heterocycles. The molecular weight excluding hydrogens is 304 g/mol. The molecule has 5 heteroatoms.